The zero-order valence-corrected chi connectivity index (χ0v) is 11.2. The molecule has 18 heavy (non-hydrogen) atoms. The maximum Gasteiger partial charge on any atom is 0.0706 e. The van der Waals surface area contributed by atoms with Crippen LogP contribution in [-0.2, 0) is 0 Å². The maximum atomic E-state index is 10.8. The van der Waals surface area contributed by atoms with Gasteiger partial charge in [0.15, 0.2) is 0 Å². The van der Waals surface area contributed by atoms with Gasteiger partial charge < -0.3 is 10.4 Å². The predicted octanol–water partition coefficient (Wildman–Crippen LogP) is 2.95. The van der Waals surface area contributed by atoms with Crippen LogP contribution >= 0.6 is 0 Å². The number of rotatable bonds is 1. The van der Waals surface area contributed by atoms with E-state index in [2.05, 4.69) is 36.5 Å². The second-order valence-electron chi connectivity index (χ2n) is 6.05. The molecule has 2 N–H and O–H groups in total. The molecule has 1 aliphatic heterocycles. The van der Waals surface area contributed by atoms with Crippen LogP contribution in [0, 0.1) is 12.8 Å². The number of hydrogen-bond donors (Lipinski definition) is 2. The quantitative estimate of drug-likeness (QED) is 0.797. The molecular formula is C16H23NO. The van der Waals surface area contributed by atoms with Gasteiger partial charge in [-0.05, 0) is 38.3 Å². The van der Waals surface area contributed by atoms with Crippen molar-refractivity contribution in [3.63, 3.8) is 0 Å². The first kappa shape index (κ1) is 12.2. The number of benzene rings is 1. The zero-order valence-electron chi connectivity index (χ0n) is 11.2. The molecule has 0 unspecified atom stereocenters. The van der Waals surface area contributed by atoms with E-state index in [0.717, 1.165) is 25.8 Å². The Labute approximate surface area is 109 Å². The van der Waals surface area contributed by atoms with Crippen molar-refractivity contribution < 1.29 is 5.11 Å². The van der Waals surface area contributed by atoms with Crippen molar-refractivity contribution >= 4 is 0 Å². The van der Waals surface area contributed by atoms with Gasteiger partial charge >= 0.3 is 0 Å². The SMILES string of the molecule is Cc1ccc([C@@H]2NCC[C@@]3(O)CCCC[C@H]23)cc1. The second-order valence-corrected chi connectivity index (χ2v) is 6.05. The van der Waals surface area contributed by atoms with Gasteiger partial charge in [-0.3, -0.25) is 0 Å². The Morgan fingerprint density at radius 1 is 1.17 bits per heavy atom. The number of nitrogens with one attached hydrogen (secondary N) is 1. The van der Waals surface area contributed by atoms with E-state index in [1.807, 2.05) is 0 Å². The highest BCUT2D eigenvalue weighted by atomic mass is 16.3. The van der Waals surface area contributed by atoms with Gasteiger partial charge in [0.1, 0.15) is 0 Å². The first-order chi connectivity index (χ1) is 8.69. The van der Waals surface area contributed by atoms with Crippen LogP contribution in [0.3, 0.4) is 0 Å². The first-order valence-corrected chi connectivity index (χ1v) is 7.21. The van der Waals surface area contributed by atoms with Crippen molar-refractivity contribution in [1.29, 1.82) is 0 Å². The summed E-state index contributed by atoms with van der Waals surface area (Å²) in [5.41, 5.74) is 2.22. The van der Waals surface area contributed by atoms with Gasteiger partial charge in [-0.2, -0.15) is 0 Å². The lowest BCUT2D eigenvalue weighted by Crippen LogP contribution is -2.53. The van der Waals surface area contributed by atoms with Gasteiger partial charge in [-0.1, -0.05) is 42.7 Å². The normalized spacial score (nSPS) is 36.1. The summed E-state index contributed by atoms with van der Waals surface area (Å²) in [6.45, 7) is 3.06. The average Bonchev–Trinajstić information content (AvgIpc) is 2.38. The third kappa shape index (κ3) is 2.08. The smallest absolute Gasteiger partial charge is 0.0706 e. The molecule has 3 atom stereocenters. The summed E-state index contributed by atoms with van der Waals surface area (Å²) >= 11 is 0. The number of hydrogen-bond acceptors (Lipinski definition) is 2. The van der Waals surface area contributed by atoms with E-state index in [4.69, 9.17) is 0 Å². The van der Waals surface area contributed by atoms with Crippen LogP contribution in [-0.4, -0.2) is 17.3 Å². The Kier molecular flexibility index (Phi) is 3.16. The molecular weight excluding hydrogens is 222 g/mol. The van der Waals surface area contributed by atoms with Crippen molar-refractivity contribution in [1.82, 2.24) is 5.32 Å². The lowest BCUT2D eigenvalue weighted by atomic mass is 9.67. The van der Waals surface area contributed by atoms with E-state index in [1.165, 1.54) is 24.0 Å². The number of piperidine rings is 1. The van der Waals surface area contributed by atoms with Crippen LogP contribution in [0.2, 0.25) is 0 Å². The lowest BCUT2D eigenvalue weighted by molar-refractivity contribution is -0.0861. The van der Waals surface area contributed by atoms with Crippen molar-refractivity contribution in [2.24, 2.45) is 5.92 Å². The topological polar surface area (TPSA) is 32.3 Å². The minimum Gasteiger partial charge on any atom is -0.389 e. The molecule has 1 aromatic carbocycles. The summed E-state index contributed by atoms with van der Waals surface area (Å²) < 4.78 is 0. The van der Waals surface area contributed by atoms with Crippen molar-refractivity contribution in [2.75, 3.05) is 6.54 Å². The first-order valence-electron chi connectivity index (χ1n) is 7.21. The minimum absolute atomic E-state index is 0.338. The molecule has 1 heterocycles. The summed E-state index contributed by atoms with van der Waals surface area (Å²) in [6, 6.07) is 9.12. The molecule has 0 aromatic heterocycles. The van der Waals surface area contributed by atoms with E-state index in [1.54, 1.807) is 0 Å². The van der Waals surface area contributed by atoms with E-state index in [-0.39, 0.29) is 0 Å². The molecule has 1 saturated carbocycles. The molecule has 2 fully saturated rings. The monoisotopic (exact) mass is 245 g/mol. The Balaban J connectivity index is 1.88. The molecule has 1 aliphatic carbocycles. The lowest BCUT2D eigenvalue weighted by Gasteiger charge is -2.48. The van der Waals surface area contributed by atoms with Crippen LogP contribution in [0.5, 0.6) is 0 Å². The molecule has 2 aliphatic rings. The fourth-order valence-electron chi connectivity index (χ4n) is 3.75. The molecule has 2 nitrogen and oxygen atoms in total. The van der Waals surface area contributed by atoms with Gasteiger partial charge in [0.05, 0.1) is 5.60 Å². The molecule has 2 heteroatoms. The third-order valence-corrected chi connectivity index (χ3v) is 4.83. The summed E-state index contributed by atoms with van der Waals surface area (Å²) in [5.74, 6) is 0.391. The highest BCUT2D eigenvalue weighted by Gasteiger charge is 2.45. The summed E-state index contributed by atoms with van der Waals surface area (Å²) in [6.07, 6.45) is 5.51. The van der Waals surface area contributed by atoms with E-state index >= 15 is 0 Å². The van der Waals surface area contributed by atoms with E-state index in [9.17, 15) is 5.11 Å². The van der Waals surface area contributed by atoms with Gasteiger partial charge in [-0.25, -0.2) is 0 Å². The Hall–Kier alpha value is -0.860. The standard InChI is InChI=1S/C16H23NO/c1-12-5-7-13(8-6-12)15-14-4-2-3-9-16(14,18)10-11-17-15/h5-8,14-15,17-18H,2-4,9-11H2,1H3/t14-,15+,16+/m1/s1. The maximum absolute atomic E-state index is 10.8. The van der Waals surface area contributed by atoms with Crippen molar-refractivity contribution in [2.45, 2.75) is 50.7 Å². The molecule has 0 spiro atoms. The summed E-state index contributed by atoms with van der Waals surface area (Å²) in [5, 5.41) is 14.5. The number of aryl methyl sites for hydroxylation is 1. The largest absolute Gasteiger partial charge is 0.389 e. The summed E-state index contributed by atoms with van der Waals surface area (Å²) in [4.78, 5) is 0. The minimum atomic E-state index is -0.418. The Bertz CT molecular complexity index is 410. The molecule has 0 amide bonds. The predicted molar refractivity (Wildman–Crippen MR) is 73.4 cm³/mol. The average molecular weight is 245 g/mol. The third-order valence-electron chi connectivity index (χ3n) is 4.83. The van der Waals surface area contributed by atoms with Crippen molar-refractivity contribution in [3.05, 3.63) is 35.4 Å². The molecule has 1 saturated heterocycles. The molecule has 3 rings (SSSR count). The summed E-state index contributed by atoms with van der Waals surface area (Å²) in [7, 11) is 0. The molecule has 1 aromatic rings. The van der Waals surface area contributed by atoms with E-state index in [0.29, 0.717) is 12.0 Å². The highest BCUT2D eigenvalue weighted by molar-refractivity contribution is 5.26. The van der Waals surface area contributed by atoms with Gasteiger partial charge in [-0.15, -0.1) is 0 Å². The van der Waals surface area contributed by atoms with Crippen LogP contribution in [0.1, 0.15) is 49.3 Å². The van der Waals surface area contributed by atoms with Crippen LogP contribution in [0.4, 0.5) is 0 Å². The number of fused-ring (bicyclic) bond motifs is 1. The number of aliphatic hydroxyl groups is 1. The highest BCUT2D eigenvalue weighted by Crippen LogP contribution is 2.45. The van der Waals surface area contributed by atoms with E-state index < -0.39 is 5.60 Å². The van der Waals surface area contributed by atoms with Crippen LogP contribution in [0.25, 0.3) is 0 Å². The van der Waals surface area contributed by atoms with Gasteiger partial charge in [0, 0.05) is 12.0 Å². The second kappa shape index (κ2) is 4.67. The fraction of sp³-hybridized carbons (Fsp3) is 0.625. The van der Waals surface area contributed by atoms with Gasteiger partial charge in [0.25, 0.3) is 0 Å². The molecule has 0 bridgehead atoms. The van der Waals surface area contributed by atoms with Crippen LogP contribution in [0.15, 0.2) is 24.3 Å². The fourth-order valence-corrected chi connectivity index (χ4v) is 3.75. The van der Waals surface area contributed by atoms with Gasteiger partial charge in [0.2, 0.25) is 0 Å². The molecule has 98 valence electrons. The van der Waals surface area contributed by atoms with Crippen molar-refractivity contribution in [3.8, 4) is 0 Å². The Morgan fingerprint density at radius 2 is 1.94 bits per heavy atom. The Morgan fingerprint density at radius 3 is 2.72 bits per heavy atom. The molecule has 0 radical (unpaired) electrons. The van der Waals surface area contributed by atoms with Crippen LogP contribution < -0.4 is 5.32 Å². The zero-order chi connectivity index (χ0) is 12.6.